The maximum absolute atomic E-state index is 12.7. The minimum Gasteiger partial charge on any atom is -0.486 e. The summed E-state index contributed by atoms with van der Waals surface area (Å²) in [6.07, 6.45) is -0.244. The van der Waals surface area contributed by atoms with Crippen LogP contribution in [0.2, 0.25) is 0 Å². The molecule has 1 aliphatic heterocycles. The van der Waals surface area contributed by atoms with Crippen LogP contribution in [0, 0.1) is 0 Å². The molecule has 1 heterocycles. The first kappa shape index (κ1) is 17.0. The van der Waals surface area contributed by atoms with Crippen LogP contribution in [0.5, 0.6) is 23.0 Å². The number of hydrogen-bond donors (Lipinski definition) is 1. The van der Waals surface area contributed by atoms with Gasteiger partial charge >= 0.3 is 0 Å². The van der Waals surface area contributed by atoms with Gasteiger partial charge in [0.15, 0.2) is 11.5 Å². The molecule has 0 radical (unpaired) electrons. The molecule has 1 atom stereocenters. The van der Waals surface area contributed by atoms with E-state index in [1.54, 1.807) is 12.1 Å². The van der Waals surface area contributed by atoms with Crippen molar-refractivity contribution in [1.29, 1.82) is 0 Å². The molecular formula is C22H19NO4. The Kier molecular flexibility index (Phi) is 4.92. The summed E-state index contributed by atoms with van der Waals surface area (Å²) < 4.78 is 17.4. The van der Waals surface area contributed by atoms with Crippen LogP contribution in [0.25, 0.3) is 0 Å². The van der Waals surface area contributed by atoms with Gasteiger partial charge in [-0.2, -0.15) is 0 Å². The molecule has 3 aromatic rings. The Labute approximate surface area is 157 Å². The molecule has 5 heteroatoms. The molecule has 0 aliphatic carbocycles. The zero-order valence-corrected chi connectivity index (χ0v) is 14.6. The molecule has 1 amide bonds. The predicted octanol–water partition coefficient (Wildman–Crippen LogP) is 4.05. The van der Waals surface area contributed by atoms with Gasteiger partial charge in [0.25, 0.3) is 5.91 Å². The van der Waals surface area contributed by atoms with Crippen molar-refractivity contribution in [2.45, 2.75) is 6.10 Å². The maximum Gasteiger partial charge on any atom is 0.255 e. The lowest BCUT2D eigenvalue weighted by Gasteiger charge is -2.26. The minimum absolute atomic E-state index is 0.219. The lowest BCUT2D eigenvalue weighted by atomic mass is 10.2. The van der Waals surface area contributed by atoms with Crippen LogP contribution in [-0.2, 0) is 0 Å². The van der Waals surface area contributed by atoms with Crippen molar-refractivity contribution in [1.82, 2.24) is 5.32 Å². The van der Waals surface area contributed by atoms with E-state index in [9.17, 15) is 4.79 Å². The van der Waals surface area contributed by atoms with Gasteiger partial charge in [0.05, 0.1) is 12.1 Å². The van der Waals surface area contributed by atoms with E-state index < -0.39 is 0 Å². The number of benzene rings is 3. The summed E-state index contributed by atoms with van der Waals surface area (Å²) in [5.41, 5.74) is 0.471. The smallest absolute Gasteiger partial charge is 0.255 e. The van der Waals surface area contributed by atoms with Gasteiger partial charge in [0.1, 0.15) is 24.2 Å². The standard InChI is InChI=1S/C22H19NO4/c24-22(23-14-17-15-25-20-12-6-7-13-21(20)27-17)18-10-4-5-11-19(18)26-16-8-2-1-3-9-16/h1-13,17H,14-15H2,(H,23,24)/t17-/m1/s1. The van der Waals surface area contributed by atoms with Crippen molar-refractivity contribution in [3.05, 3.63) is 84.4 Å². The molecule has 0 fully saturated rings. The van der Waals surface area contributed by atoms with E-state index in [4.69, 9.17) is 14.2 Å². The van der Waals surface area contributed by atoms with E-state index in [2.05, 4.69) is 5.32 Å². The maximum atomic E-state index is 12.7. The first-order valence-electron chi connectivity index (χ1n) is 8.78. The number of rotatable bonds is 5. The van der Waals surface area contributed by atoms with E-state index in [0.29, 0.717) is 36.0 Å². The Morgan fingerprint density at radius 2 is 1.63 bits per heavy atom. The highest BCUT2D eigenvalue weighted by molar-refractivity contribution is 5.97. The van der Waals surface area contributed by atoms with Crippen LogP contribution < -0.4 is 19.5 Å². The summed E-state index contributed by atoms with van der Waals surface area (Å²) in [7, 11) is 0. The lowest BCUT2D eigenvalue weighted by molar-refractivity contribution is 0.0788. The molecule has 0 spiro atoms. The van der Waals surface area contributed by atoms with Gasteiger partial charge in [0, 0.05) is 0 Å². The van der Waals surface area contributed by atoms with E-state index >= 15 is 0 Å². The number of nitrogens with one attached hydrogen (secondary N) is 1. The molecule has 27 heavy (non-hydrogen) atoms. The monoisotopic (exact) mass is 361 g/mol. The van der Waals surface area contributed by atoms with Gasteiger partial charge in [-0.1, -0.05) is 42.5 Å². The second-order valence-electron chi connectivity index (χ2n) is 6.12. The fourth-order valence-electron chi connectivity index (χ4n) is 2.82. The summed E-state index contributed by atoms with van der Waals surface area (Å²) in [4.78, 5) is 12.7. The predicted molar refractivity (Wildman–Crippen MR) is 102 cm³/mol. The molecule has 1 aliphatic rings. The van der Waals surface area contributed by atoms with Gasteiger partial charge < -0.3 is 19.5 Å². The molecule has 0 unspecified atom stereocenters. The molecule has 0 aromatic heterocycles. The van der Waals surface area contributed by atoms with Crippen LogP contribution in [0.3, 0.4) is 0 Å². The Morgan fingerprint density at radius 3 is 2.48 bits per heavy atom. The van der Waals surface area contributed by atoms with E-state index in [1.165, 1.54) is 0 Å². The summed E-state index contributed by atoms with van der Waals surface area (Å²) in [6, 6.07) is 24.0. The zero-order valence-electron chi connectivity index (χ0n) is 14.6. The van der Waals surface area contributed by atoms with Crippen LogP contribution >= 0.6 is 0 Å². The Balaban J connectivity index is 1.40. The highest BCUT2D eigenvalue weighted by Gasteiger charge is 2.22. The Bertz CT molecular complexity index is 926. The van der Waals surface area contributed by atoms with E-state index in [1.807, 2.05) is 66.7 Å². The van der Waals surface area contributed by atoms with Gasteiger partial charge in [-0.05, 0) is 36.4 Å². The Morgan fingerprint density at radius 1 is 0.926 bits per heavy atom. The number of amides is 1. The molecular weight excluding hydrogens is 342 g/mol. The topological polar surface area (TPSA) is 56.8 Å². The summed E-state index contributed by atoms with van der Waals surface area (Å²) >= 11 is 0. The summed E-state index contributed by atoms with van der Waals surface area (Å²) in [5, 5.41) is 2.90. The van der Waals surface area contributed by atoms with Crippen LogP contribution in [0.15, 0.2) is 78.9 Å². The third kappa shape index (κ3) is 4.03. The highest BCUT2D eigenvalue weighted by Crippen LogP contribution is 2.30. The first-order chi connectivity index (χ1) is 13.3. The van der Waals surface area contributed by atoms with Crippen molar-refractivity contribution in [2.24, 2.45) is 0 Å². The number of carbonyl (C=O) groups excluding carboxylic acids is 1. The third-order valence-corrected chi connectivity index (χ3v) is 4.16. The van der Waals surface area contributed by atoms with Crippen molar-refractivity contribution in [2.75, 3.05) is 13.2 Å². The van der Waals surface area contributed by atoms with Gasteiger partial charge in [-0.15, -0.1) is 0 Å². The SMILES string of the molecule is O=C(NC[C@@H]1COc2ccccc2O1)c1ccccc1Oc1ccccc1. The molecule has 0 saturated heterocycles. The van der Waals surface area contributed by atoms with Crippen molar-refractivity contribution in [3.8, 4) is 23.0 Å². The summed E-state index contributed by atoms with van der Waals surface area (Å²) in [5.74, 6) is 2.38. The largest absolute Gasteiger partial charge is 0.486 e. The van der Waals surface area contributed by atoms with E-state index in [-0.39, 0.29) is 12.0 Å². The van der Waals surface area contributed by atoms with Crippen LogP contribution in [0.4, 0.5) is 0 Å². The molecule has 136 valence electrons. The average molecular weight is 361 g/mol. The van der Waals surface area contributed by atoms with E-state index in [0.717, 1.165) is 5.75 Å². The normalized spacial score (nSPS) is 15.0. The molecule has 3 aromatic carbocycles. The number of ether oxygens (including phenoxy) is 3. The first-order valence-corrected chi connectivity index (χ1v) is 8.78. The van der Waals surface area contributed by atoms with Gasteiger partial charge in [-0.25, -0.2) is 0 Å². The number of fused-ring (bicyclic) bond motifs is 1. The number of hydrogen-bond acceptors (Lipinski definition) is 4. The van der Waals surface area contributed by atoms with Crippen molar-refractivity contribution in [3.63, 3.8) is 0 Å². The van der Waals surface area contributed by atoms with Crippen molar-refractivity contribution < 1.29 is 19.0 Å². The Hall–Kier alpha value is -3.47. The second kappa shape index (κ2) is 7.83. The molecule has 0 saturated carbocycles. The minimum atomic E-state index is -0.244. The molecule has 4 rings (SSSR count). The van der Waals surface area contributed by atoms with Gasteiger partial charge in [-0.3, -0.25) is 4.79 Å². The fraction of sp³-hybridized carbons (Fsp3) is 0.136. The average Bonchev–Trinajstić information content (AvgIpc) is 2.73. The third-order valence-electron chi connectivity index (χ3n) is 4.16. The van der Waals surface area contributed by atoms with Crippen LogP contribution in [0.1, 0.15) is 10.4 Å². The van der Waals surface area contributed by atoms with Crippen molar-refractivity contribution >= 4 is 5.91 Å². The zero-order chi connectivity index (χ0) is 18.5. The van der Waals surface area contributed by atoms with Crippen LogP contribution in [-0.4, -0.2) is 25.2 Å². The second-order valence-corrected chi connectivity index (χ2v) is 6.12. The highest BCUT2D eigenvalue weighted by atomic mass is 16.6. The number of para-hydroxylation sites is 4. The molecule has 1 N–H and O–H groups in total. The fourth-order valence-corrected chi connectivity index (χ4v) is 2.82. The summed E-state index contributed by atoms with van der Waals surface area (Å²) in [6.45, 7) is 0.728. The van der Waals surface area contributed by atoms with Gasteiger partial charge in [0.2, 0.25) is 0 Å². The quantitative estimate of drug-likeness (QED) is 0.745. The molecule has 5 nitrogen and oxygen atoms in total. The lowest BCUT2D eigenvalue weighted by Crippen LogP contribution is -2.40. The molecule has 0 bridgehead atoms. The number of carbonyl (C=O) groups is 1.